The number of rotatable bonds is 7. The molecular formula is C18H36N2O. The van der Waals surface area contributed by atoms with Gasteiger partial charge in [-0.05, 0) is 49.5 Å². The Morgan fingerprint density at radius 1 is 1.19 bits per heavy atom. The molecule has 1 aliphatic carbocycles. The molecule has 1 saturated carbocycles. The summed E-state index contributed by atoms with van der Waals surface area (Å²) < 4.78 is 0. The summed E-state index contributed by atoms with van der Waals surface area (Å²) in [5.74, 6) is 1.58. The minimum atomic E-state index is 0.238. The summed E-state index contributed by atoms with van der Waals surface area (Å²) in [5, 5.41) is 0. The van der Waals surface area contributed by atoms with Crippen LogP contribution in [0.25, 0.3) is 0 Å². The minimum absolute atomic E-state index is 0.238. The Hall–Kier alpha value is -0.570. The zero-order valence-electron chi connectivity index (χ0n) is 14.7. The van der Waals surface area contributed by atoms with Crippen molar-refractivity contribution in [1.82, 2.24) is 4.90 Å². The van der Waals surface area contributed by atoms with Gasteiger partial charge in [0.25, 0.3) is 0 Å². The molecule has 0 spiro atoms. The third-order valence-electron chi connectivity index (χ3n) is 5.13. The van der Waals surface area contributed by atoms with E-state index in [2.05, 4.69) is 20.8 Å². The van der Waals surface area contributed by atoms with Gasteiger partial charge in [-0.2, -0.15) is 0 Å². The van der Waals surface area contributed by atoms with E-state index in [0.29, 0.717) is 24.8 Å². The summed E-state index contributed by atoms with van der Waals surface area (Å²) in [6, 6.07) is 0. The number of nitrogens with two attached hydrogens (primary N) is 1. The van der Waals surface area contributed by atoms with Gasteiger partial charge in [-0.1, -0.05) is 40.0 Å². The minimum Gasteiger partial charge on any atom is -0.345 e. The van der Waals surface area contributed by atoms with E-state index in [1.807, 2.05) is 11.9 Å². The first-order valence-electron chi connectivity index (χ1n) is 8.78. The van der Waals surface area contributed by atoms with Gasteiger partial charge in [0, 0.05) is 20.0 Å². The van der Waals surface area contributed by atoms with Gasteiger partial charge in [0.1, 0.15) is 0 Å². The van der Waals surface area contributed by atoms with Gasteiger partial charge in [-0.15, -0.1) is 0 Å². The molecule has 0 aromatic heterocycles. The quantitative estimate of drug-likeness (QED) is 0.776. The molecule has 1 rings (SSSR count). The van der Waals surface area contributed by atoms with Crippen LogP contribution in [0, 0.1) is 17.3 Å². The van der Waals surface area contributed by atoms with Gasteiger partial charge in [-0.25, -0.2) is 0 Å². The third-order valence-corrected chi connectivity index (χ3v) is 5.13. The fourth-order valence-corrected chi connectivity index (χ4v) is 3.56. The highest BCUT2D eigenvalue weighted by molar-refractivity contribution is 5.75. The van der Waals surface area contributed by atoms with Gasteiger partial charge < -0.3 is 10.6 Å². The lowest BCUT2D eigenvalue weighted by Gasteiger charge is -2.31. The van der Waals surface area contributed by atoms with E-state index >= 15 is 0 Å². The number of nitrogens with zero attached hydrogens (tertiary/aromatic N) is 1. The molecule has 1 amide bonds. The van der Waals surface area contributed by atoms with Crippen LogP contribution >= 0.6 is 0 Å². The summed E-state index contributed by atoms with van der Waals surface area (Å²) in [5.41, 5.74) is 5.96. The Morgan fingerprint density at radius 3 is 2.33 bits per heavy atom. The average Bonchev–Trinajstić information content (AvgIpc) is 2.42. The van der Waals surface area contributed by atoms with Crippen molar-refractivity contribution in [3.8, 4) is 0 Å². The van der Waals surface area contributed by atoms with Crippen molar-refractivity contribution < 1.29 is 4.79 Å². The van der Waals surface area contributed by atoms with Crippen molar-refractivity contribution in [2.45, 2.75) is 72.1 Å². The summed E-state index contributed by atoms with van der Waals surface area (Å²) in [7, 11) is 1.98. The monoisotopic (exact) mass is 296 g/mol. The van der Waals surface area contributed by atoms with Crippen molar-refractivity contribution in [1.29, 1.82) is 0 Å². The molecule has 0 aliphatic heterocycles. The molecule has 3 nitrogen and oxygen atoms in total. The Balaban J connectivity index is 2.36. The first-order valence-corrected chi connectivity index (χ1v) is 8.78. The molecule has 1 aliphatic rings. The van der Waals surface area contributed by atoms with E-state index in [4.69, 9.17) is 5.73 Å². The second-order valence-corrected chi connectivity index (χ2v) is 7.96. The van der Waals surface area contributed by atoms with E-state index < -0.39 is 0 Å². The molecule has 1 fully saturated rings. The normalized spacial score (nSPS) is 18.5. The number of amides is 1. The molecule has 3 heteroatoms. The Kier molecular flexibility index (Phi) is 7.72. The maximum Gasteiger partial charge on any atom is 0.222 e. The van der Waals surface area contributed by atoms with E-state index in [1.165, 1.54) is 32.1 Å². The fraction of sp³-hybridized carbons (Fsp3) is 0.944. The summed E-state index contributed by atoms with van der Waals surface area (Å²) in [4.78, 5) is 14.3. The van der Waals surface area contributed by atoms with E-state index in [0.717, 1.165) is 25.3 Å². The van der Waals surface area contributed by atoms with Crippen molar-refractivity contribution >= 4 is 5.91 Å². The number of hydrogen-bond donors (Lipinski definition) is 1. The molecule has 0 saturated heterocycles. The topological polar surface area (TPSA) is 46.3 Å². The molecular weight excluding hydrogens is 260 g/mol. The maximum absolute atomic E-state index is 12.3. The highest BCUT2D eigenvalue weighted by atomic mass is 16.2. The number of carbonyl (C=O) groups is 1. The lowest BCUT2D eigenvalue weighted by molar-refractivity contribution is -0.131. The molecule has 1 atom stereocenters. The predicted octanol–water partition coefficient (Wildman–Crippen LogP) is 3.82. The van der Waals surface area contributed by atoms with Crippen LogP contribution in [0.4, 0.5) is 0 Å². The summed E-state index contributed by atoms with van der Waals surface area (Å²) in [6.07, 6.45) is 9.32. The van der Waals surface area contributed by atoms with Crippen molar-refractivity contribution in [3.05, 3.63) is 0 Å². The average molecular weight is 296 g/mol. The lowest BCUT2D eigenvalue weighted by atomic mass is 9.76. The second-order valence-electron chi connectivity index (χ2n) is 7.96. The Bertz CT molecular complexity index is 303. The number of carbonyl (C=O) groups excluding carboxylic acids is 1. The molecule has 0 bridgehead atoms. The molecule has 0 aromatic carbocycles. The molecule has 124 valence electrons. The SMILES string of the molecule is CN(CC1CCCCC1)C(=O)CCC(CCN)C(C)(C)C. The van der Waals surface area contributed by atoms with Crippen LogP contribution in [0.3, 0.4) is 0 Å². The molecule has 21 heavy (non-hydrogen) atoms. The predicted molar refractivity (Wildman–Crippen MR) is 90.1 cm³/mol. The molecule has 2 N–H and O–H groups in total. The summed E-state index contributed by atoms with van der Waals surface area (Å²) in [6.45, 7) is 8.43. The Morgan fingerprint density at radius 2 is 1.81 bits per heavy atom. The maximum atomic E-state index is 12.3. The molecule has 0 aromatic rings. The third kappa shape index (κ3) is 6.82. The van der Waals surface area contributed by atoms with Crippen LogP contribution in [0.5, 0.6) is 0 Å². The number of hydrogen-bond acceptors (Lipinski definition) is 2. The first-order chi connectivity index (χ1) is 9.84. The first kappa shape index (κ1) is 18.5. The smallest absolute Gasteiger partial charge is 0.222 e. The van der Waals surface area contributed by atoms with Crippen LogP contribution in [0.2, 0.25) is 0 Å². The van der Waals surface area contributed by atoms with Crippen LogP contribution in [0.1, 0.15) is 72.1 Å². The lowest BCUT2D eigenvalue weighted by Crippen LogP contribution is -2.33. The van der Waals surface area contributed by atoms with Crippen LogP contribution in [0.15, 0.2) is 0 Å². The molecule has 1 unspecified atom stereocenters. The standard InChI is InChI=1S/C18H36N2O/c1-18(2,3)16(12-13-19)10-11-17(21)20(4)14-15-8-6-5-7-9-15/h15-16H,5-14,19H2,1-4H3. The largest absolute Gasteiger partial charge is 0.345 e. The fourth-order valence-electron chi connectivity index (χ4n) is 3.56. The highest BCUT2D eigenvalue weighted by Crippen LogP contribution is 2.32. The van der Waals surface area contributed by atoms with E-state index in [9.17, 15) is 4.79 Å². The zero-order chi connectivity index (χ0) is 15.9. The second kappa shape index (κ2) is 8.77. The highest BCUT2D eigenvalue weighted by Gasteiger charge is 2.25. The summed E-state index contributed by atoms with van der Waals surface area (Å²) >= 11 is 0. The zero-order valence-corrected chi connectivity index (χ0v) is 14.7. The van der Waals surface area contributed by atoms with Crippen LogP contribution in [-0.4, -0.2) is 30.9 Å². The Labute approximate surface area is 131 Å². The van der Waals surface area contributed by atoms with E-state index in [-0.39, 0.29) is 5.41 Å². The van der Waals surface area contributed by atoms with Crippen molar-refractivity contribution in [3.63, 3.8) is 0 Å². The van der Waals surface area contributed by atoms with Gasteiger partial charge in [0.2, 0.25) is 5.91 Å². The molecule has 0 heterocycles. The van der Waals surface area contributed by atoms with Gasteiger partial charge in [0.15, 0.2) is 0 Å². The van der Waals surface area contributed by atoms with Gasteiger partial charge >= 0.3 is 0 Å². The molecule has 0 radical (unpaired) electrons. The van der Waals surface area contributed by atoms with E-state index in [1.54, 1.807) is 0 Å². The van der Waals surface area contributed by atoms with Gasteiger partial charge in [0.05, 0.1) is 0 Å². The van der Waals surface area contributed by atoms with Crippen LogP contribution < -0.4 is 5.73 Å². The van der Waals surface area contributed by atoms with Crippen molar-refractivity contribution in [2.75, 3.05) is 20.1 Å². The van der Waals surface area contributed by atoms with Crippen LogP contribution in [-0.2, 0) is 4.79 Å². The van der Waals surface area contributed by atoms with Crippen molar-refractivity contribution in [2.24, 2.45) is 23.0 Å². The van der Waals surface area contributed by atoms with Gasteiger partial charge in [-0.3, -0.25) is 4.79 Å².